The van der Waals surface area contributed by atoms with Crippen LogP contribution in [0.4, 0.5) is 11.6 Å². The molecule has 0 bridgehead atoms. The van der Waals surface area contributed by atoms with Gasteiger partial charge in [-0.1, -0.05) is 12.1 Å². The number of aryl methyl sites for hydroxylation is 1. The van der Waals surface area contributed by atoms with Crippen molar-refractivity contribution in [1.82, 2.24) is 9.97 Å². The zero-order valence-electron chi connectivity index (χ0n) is 19.7. The average molecular weight is 448 g/mol. The minimum atomic E-state index is -0.269. The normalized spacial score (nSPS) is 17.8. The Bertz CT molecular complexity index is 1330. The lowest BCUT2D eigenvalue weighted by Crippen LogP contribution is -2.35. The molecule has 0 aliphatic carbocycles. The fourth-order valence-electron chi connectivity index (χ4n) is 5.12. The highest BCUT2D eigenvalue weighted by Crippen LogP contribution is 2.36. The van der Waals surface area contributed by atoms with Crippen LogP contribution in [0.3, 0.4) is 0 Å². The minimum absolute atomic E-state index is 0.269. The number of benzene rings is 2. The van der Waals surface area contributed by atoms with Gasteiger partial charge in [-0.3, -0.25) is 9.79 Å². The molecule has 8 heteroatoms. The van der Waals surface area contributed by atoms with E-state index in [1.807, 2.05) is 6.92 Å². The number of amidine groups is 1. The molecule has 1 unspecified atom stereocenters. The summed E-state index contributed by atoms with van der Waals surface area (Å²) in [5.41, 5.74) is 4.98. The number of anilines is 2. The summed E-state index contributed by atoms with van der Waals surface area (Å²) in [5, 5.41) is 0.522. The molecule has 3 aromatic rings. The number of aromatic amines is 1. The van der Waals surface area contributed by atoms with Crippen molar-refractivity contribution in [3.63, 3.8) is 0 Å². The Balaban J connectivity index is 1.52. The van der Waals surface area contributed by atoms with Gasteiger partial charge >= 0.3 is 0 Å². The van der Waals surface area contributed by atoms with E-state index in [0.29, 0.717) is 40.9 Å². The number of fused-ring (bicyclic) bond motifs is 2. The largest absolute Gasteiger partial charge is 0.493 e. The molecular weight excluding hydrogens is 418 g/mol. The van der Waals surface area contributed by atoms with Crippen molar-refractivity contribution in [2.75, 3.05) is 37.1 Å². The fraction of sp³-hybridized carbons (Fsp3) is 0.400. The van der Waals surface area contributed by atoms with Gasteiger partial charge in [-0.2, -0.15) is 4.98 Å². The Morgan fingerprint density at radius 3 is 2.70 bits per heavy atom. The maximum absolute atomic E-state index is 13.0. The average Bonchev–Trinajstić information content (AvgIpc) is 3.15. The van der Waals surface area contributed by atoms with E-state index in [-0.39, 0.29) is 5.56 Å². The summed E-state index contributed by atoms with van der Waals surface area (Å²) in [5.74, 6) is 2.78. The highest BCUT2D eigenvalue weighted by molar-refractivity contribution is 5.98. The summed E-state index contributed by atoms with van der Waals surface area (Å²) < 4.78 is 10.9. The van der Waals surface area contributed by atoms with Crippen molar-refractivity contribution in [3.05, 3.63) is 51.3 Å². The van der Waals surface area contributed by atoms with Crippen LogP contribution in [0.5, 0.6) is 11.5 Å². The van der Waals surface area contributed by atoms with Crippen molar-refractivity contribution in [1.29, 1.82) is 0 Å². The third kappa shape index (κ3) is 3.50. The predicted molar refractivity (Wildman–Crippen MR) is 131 cm³/mol. The summed E-state index contributed by atoms with van der Waals surface area (Å²) in [4.78, 5) is 29.9. The van der Waals surface area contributed by atoms with Gasteiger partial charge in [-0.05, 0) is 44.4 Å². The number of nitrogens with zero attached hydrogens (tertiary/aromatic N) is 4. The van der Waals surface area contributed by atoms with Crippen LogP contribution in [0.1, 0.15) is 30.5 Å². The second-order valence-electron chi connectivity index (χ2n) is 8.75. The molecule has 172 valence electrons. The molecule has 0 spiro atoms. The highest BCUT2D eigenvalue weighted by atomic mass is 16.5. The number of methoxy groups -OCH3 is 2. The molecule has 0 amide bonds. The van der Waals surface area contributed by atoms with Crippen molar-refractivity contribution in [2.24, 2.45) is 4.99 Å². The maximum atomic E-state index is 13.0. The van der Waals surface area contributed by atoms with Gasteiger partial charge in [0.15, 0.2) is 11.5 Å². The number of hydrogen-bond acceptors (Lipinski definition) is 7. The first-order chi connectivity index (χ1) is 15.9. The van der Waals surface area contributed by atoms with Gasteiger partial charge < -0.3 is 24.3 Å². The molecule has 1 N–H and O–H groups in total. The van der Waals surface area contributed by atoms with Gasteiger partial charge in [0, 0.05) is 37.0 Å². The first-order valence-corrected chi connectivity index (χ1v) is 11.2. The molecule has 2 aliphatic rings. The standard InChI is InChI=1S/C25H29N5O3/c1-14-12-30(16(3)26-14)20-8-6-7-17-13-29(10-9-18(17)20)25-27-19-11-21(32-4)23(33-5)15(2)22(19)24(31)28-25/h6-8,11,14H,9-10,12-13H2,1-5H3,(H,27,28,31). The van der Waals surface area contributed by atoms with E-state index >= 15 is 0 Å². The summed E-state index contributed by atoms with van der Waals surface area (Å²) >= 11 is 0. The molecule has 0 saturated carbocycles. The van der Waals surface area contributed by atoms with Gasteiger partial charge in [0.05, 0.1) is 31.2 Å². The van der Waals surface area contributed by atoms with Crippen LogP contribution in [-0.2, 0) is 13.0 Å². The van der Waals surface area contributed by atoms with Gasteiger partial charge in [0.2, 0.25) is 5.95 Å². The van der Waals surface area contributed by atoms with Crippen LogP contribution in [0.15, 0.2) is 34.1 Å². The molecule has 0 radical (unpaired) electrons. The first-order valence-electron chi connectivity index (χ1n) is 11.2. The molecule has 33 heavy (non-hydrogen) atoms. The van der Waals surface area contributed by atoms with Gasteiger partial charge in [-0.25, -0.2) is 0 Å². The summed E-state index contributed by atoms with van der Waals surface area (Å²) in [7, 11) is 3.16. The van der Waals surface area contributed by atoms with Crippen molar-refractivity contribution >= 4 is 28.4 Å². The van der Waals surface area contributed by atoms with Crippen LogP contribution in [-0.4, -0.2) is 49.2 Å². The zero-order chi connectivity index (χ0) is 23.3. The van der Waals surface area contributed by atoms with E-state index in [0.717, 1.165) is 30.9 Å². The molecule has 3 heterocycles. The van der Waals surface area contributed by atoms with E-state index in [1.165, 1.54) is 16.8 Å². The fourth-order valence-corrected chi connectivity index (χ4v) is 5.12. The van der Waals surface area contributed by atoms with Crippen molar-refractivity contribution < 1.29 is 9.47 Å². The molecule has 2 aliphatic heterocycles. The Hall–Kier alpha value is -3.55. The third-order valence-electron chi connectivity index (χ3n) is 6.65. The Kier molecular flexibility index (Phi) is 5.23. The number of ether oxygens (including phenoxy) is 2. The number of aliphatic imine (C=N–C) groups is 1. The third-order valence-corrected chi connectivity index (χ3v) is 6.65. The van der Waals surface area contributed by atoms with E-state index in [9.17, 15) is 4.79 Å². The lowest BCUT2D eigenvalue weighted by atomic mass is 9.97. The van der Waals surface area contributed by atoms with Crippen LogP contribution in [0, 0.1) is 6.92 Å². The number of H-pyrrole nitrogens is 1. The molecule has 2 aromatic carbocycles. The van der Waals surface area contributed by atoms with E-state index < -0.39 is 0 Å². The van der Waals surface area contributed by atoms with Crippen molar-refractivity contribution in [3.8, 4) is 11.5 Å². The zero-order valence-corrected chi connectivity index (χ0v) is 19.7. The highest BCUT2D eigenvalue weighted by Gasteiger charge is 2.27. The number of hydrogen-bond donors (Lipinski definition) is 1. The molecule has 1 atom stereocenters. The summed E-state index contributed by atoms with van der Waals surface area (Å²) in [6, 6.07) is 8.57. The van der Waals surface area contributed by atoms with E-state index in [1.54, 1.807) is 20.3 Å². The lowest BCUT2D eigenvalue weighted by Gasteiger charge is -2.32. The number of aromatic nitrogens is 2. The summed E-state index contributed by atoms with van der Waals surface area (Å²) in [6.07, 6.45) is 0.871. The second-order valence-corrected chi connectivity index (χ2v) is 8.75. The van der Waals surface area contributed by atoms with Crippen LogP contribution in [0.2, 0.25) is 0 Å². The van der Waals surface area contributed by atoms with Crippen LogP contribution in [0.25, 0.3) is 10.9 Å². The van der Waals surface area contributed by atoms with Gasteiger partial charge in [0.1, 0.15) is 5.84 Å². The molecule has 8 nitrogen and oxygen atoms in total. The smallest absolute Gasteiger partial charge is 0.282 e. The van der Waals surface area contributed by atoms with Crippen LogP contribution >= 0.6 is 0 Å². The Morgan fingerprint density at radius 1 is 1.18 bits per heavy atom. The van der Waals surface area contributed by atoms with E-state index in [2.05, 4.69) is 51.8 Å². The Labute approximate surface area is 192 Å². The quantitative estimate of drug-likeness (QED) is 0.660. The van der Waals surface area contributed by atoms with Gasteiger partial charge in [-0.15, -0.1) is 0 Å². The van der Waals surface area contributed by atoms with Gasteiger partial charge in [0.25, 0.3) is 5.56 Å². The molecular formula is C25H29N5O3. The van der Waals surface area contributed by atoms with Crippen molar-refractivity contribution in [2.45, 2.75) is 39.8 Å². The lowest BCUT2D eigenvalue weighted by molar-refractivity contribution is 0.354. The first kappa shape index (κ1) is 21.3. The predicted octanol–water partition coefficient (Wildman–Crippen LogP) is 3.44. The maximum Gasteiger partial charge on any atom is 0.282 e. The monoisotopic (exact) mass is 447 g/mol. The number of rotatable bonds is 4. The van der Waals surface area contributed by atoms with Crippen LogP contribution < -0.4 is 24.8 Å². The Morgan fingerprint density at radius 2 is 2.00 bits per heavy atom. The molecule has 0 saturated heterocycles. The minimum Gasteiger partial charge on any atom is -0.493 e. The molecule has 1 aromatic heterocycles. The SMILES string of the molecule is COc1cc2[nH]c(N3CCc4c(cccc4N4CC(C)N=C4C)C3)nc(=O)c2c(C)c1OC. The summed E-state index contributed by atoms with van der Waals surface area (Å²) in [6.45, 7) is 8.44. The topological polar surface area (TPSA) is 83.0 Å². The molecule has 5 rings (SSSR count). The van der Waals surface area contributed by atoms with E-state index in [4.69, 9.17) is 14.5 Å². The number of nitrogens with one attached hydrogen (secondary N) is 1. The molecule has 0 fully saturated rings. The second kappa shape index (κ2) is 8.10.